The first-order valence-corrected chi connectivity index (χ1v) is 4.17. The summed E-state index contributed by atoms with van der Waals surface area (Å²) in [6, 6.07) is 0. The molecule has 0 saturated heterocycles. The lowest BCUT2D eigenvalue weighted by atomic mass is 11.3. The largest absolute Gasteiger partial charge is 0.245 e. The highest BCUT2D eigenvalue weighted by atomic mass is 79.9. The van der Waals surface area contributed by atoms with E-state index in [1.54, 1.807) is 0 Å². The van der Waals surface area contributed by atoms with Crippen LogP contribution in [0.3, 0.4) is 0 Å². The Labute approximate surface area is 87.2 Å². The van der Waals surface area contributed by atoms with E-state index in [1.165, 1.54) is 0 Å². The van der Waals surface area contributed by atoms with Gasteiger partial charge in [-0.05, 0) is 15.9 Å². The summed E-state index contributed by atoms with van der Waals surface area (Å²) in [6.07, 6.45) is 0. The average Bonchev–Trinajstić information content (AvgIpc) is 1.19. The van der Waals surface area contributed by atoms with E-state index in [4.69, 9.17) is 58.0 Å². The highest BCUT2D eigenvalue weighted by Gasteiger charge is 2.10. The first-order chi connectivity index (χ1) is 3.73. The average molecular weight is 295 g/mol. The first kappa shape index (κ1) is 13.3. The molecule has 0 nitrogen and oxygen atoms in total. The molecular formula is C3H2BrCl5. The summed E-state index contributed by atoms with van der Waals surface area (Å²) in [4.78, 5) is 0. The van der Waals surface area contributed by atoms with Crippen LogP contribution in [0.25, 0.3) is 0 Å². The van der Waals surface area contributed by atoms with Crippen LogP contribution in [-0.4, -0.2) is 2.70 Å². The molecule has 6 heteroatoms. The molecule has 0 aromatic heterocycles. The molecule has 0 heterocycles. The summed E-state index contributed by atoms with van der Waals surface area (Å²) >= 11 is 27.3. The predicted octanol–water partition coefficient (Wildman–Crippen LogP) is 4.64. The fourth-order valence-electron chi connectivity index (χ4n) is 0. The molecule has 0 aliphatic heterocycles. The van der Waals surface area contributed by atoms with Gasteiger partial charge in [0.25, 0.3) is 0 Å². The van der Waals surface area contributed by atoms with Crippen molar-refractivity contribution in [2.45, 2.75) is 2.70 Å². The minimum absolute atomic E-state index is 0.111. The molecule has 0 aliphatic carbocycles. The molecule has 0 bridgehead atoms. The third kappa shape index (κ3) is 204. The normalized spacial score (nSPS) is 9.56. The van der Waals surface area contributed by atoms with Gasteiger partial charge in [-0.15, -0.1) is 0 Å². The van der Waals surface area contributed by atoms with Gasteiger partial charge in [-0.3, -0.25) is 0 Å². The third-order valence-corrected chi connectivity index (χ3v) is 0. The fourth-order valence-corrected chi connectivity index (χ4v) is 0. The van der Waals surface area contributed by atoms with Crippen LogP contribution in [0, 0.1) is 0 Å². The van der Waals surface area contributed by atoms with E-state index in [2.05, 4.69) is 22.5 Å². The summed E-state index contributed by atoms with van der Waals surface area (Å²) in [7, 11) is 0. The highest BCUT2D eigenvalue weighted by molar-refractivity contribution is 9.11. The van der Waals surface area contributed by atoms with Gasteiger partial charge in [0, 0.05) is 0 Å². The first-order valence-electron chi connectivity index (χ1n) is 1.49. The fraction of sp³-hybridized carbons (Fsp3) is 0.333. The van der Waals surface area contributed by atoms with Gasteiger partial charge in [0.15, 0.2) is 0 Å². The van der Waals surface area contributed by atoms with Crippen molar-refractivity contribution >= 4 is 73.9 Å². The second-order valence-corrected chi connectivity index (χ2v) is 6.71. The van der Waals surface area contributed by atoms with Crippen LogP contribution in [0.2, 0.25) is 0 Å². The van der Waals surface area contributed by atoms with E-state index < -0.39 is 2.70 Å². The molecule has 0 aromatic carbocycles. The van der Waals surface area contributed by atoms with Crippen LogP contribution < -0.4 is 0 Å². The summed E-state index contributed by atoms with van der Waals surface area (Å²) < 4.78 is -1.16. The smallest absolute Gasteiger partial charge is 0.0716 e. The maximum absolute atomic E-state index is 4.98. The summed E-state index contributed by atoms with van der Waals surface area (Å²) in [5.41, 5.74) is 0. The second-order valence-electron chi connectivity index (χ2n) is 0.767. The van der Waals surface area contributed by atoms with E-state index in [-0.39, 0.29) is 4.49 Å². The van der Waals surface area contributed by atoms with E-state index in [1.807, 2.05) is 0 Å². The molecule has 0 N–H and O–H groups in total. The number of halogens is 6. The summed E-state index contributed by atoms with van der Waals surface area (Å²) in [5.74, 6) is 0. The lowest BCUT2D eigenvalue weighted by molar-refractivity contribution is 1.84. The molecule has 0 atom stereocenters. The Morgan fingerprint density at radius 2 is 1.22 bits per heavy atom. The lowest BCUT2D eigenvalue weighted by Gasteiger charge is -1.91. The molecule has 0 unspecified atom stereocenters. The third-order valence-electron chi connectivity index (χ3n) is 0. The van der Waals surface area contributed by atoms with Crippen molar-refractivity contribution < 1.29 is 0 Å². The summed E-state index contributed by atoms with van der Waals surface area (Å²) in [5, 5.41) is 0. The van der Waals surface area contributed by atoms with Gasteiger partial charge in [0.05, 0.1) is 4.49 Å². The summed E-state index contributed by atoms with van der Waals surface area (Å²) in [6.45, 7) is 3.09. The maximum atomic E-state index is 4.98. The van der Waals surface area contributed by atoms with Crippen LogP contribution in [0.1, 0.15) is 0 Å². The van der Waals surface area contributed by atoms with Gasteiger partial charge in [-0.1, -0.05) is 64.6 Å². The molecule has 0 saturated carbocycles. The highest BCUT2D eigenvalue weighted by Crippen LogP contribution is 2.32. The zero-order valence-corrected chi connectivity index (χ0v) is 9.34. The zero-order valence-electron chi connectivity index (χ0n) is 3.97. The molecule has 9 heavy (non-hydrogen) atoms. The Hall–Kier alpha value is 1.67. The molecule has 0 radical (unpaired) electrons. The molecule has 0 spiro atoms. The number of alkyl halides is 4. The SMILES string of the molecule is C=C(Cl)Cl.ClC(Cl)(Cl)Br. The Morgan fingerprint density at radius 3 is 1.22 bits per heavy atom. The number of hydrogen-bond donors (Lipinski definition) is 0. The van der Waals surface area contributed by atoms with E-state index in [9.17, 15) is 0 Å². The standard InChI is InChI=1S/C2H2Cl2.CBrCl3/c1-2(3)4;2-1(3,4)5/h1H2;. The topological polar surface area (TPSA) is 0 Å². The van der Waals surface area contributed by atoms with Gasteiger partial charge in [0.2, 0.25) is 2.70 Å². The van der Waals surface area contributed by atoms with Crippen LogP contribution in [-0.2, 0) is 0 Å². The van der Waals surface area contributed by atoms with Gasteiger partial charge >= 0.3 is 0 Å². The molecule has 0 rings (SSSR count). The van der Waals surface area contributed by atoms with Gasteiger partial charge in [-0.2, -0.15) is 0 Å². The minimum atomic E-state index is -1.27. The molecule has 56 valence electrons. The van der Waals surface area contributed by atoms with Gasteiger partial charge in [0.1, 0.15) is 0 Å². The molecular weight excluding hydrogens is 293 g/mol. The van der Waals surface area contributed by atoms with E-state index in [0.717, 1.165) is 0 Å². The Bertz CT molecular complexity index is 74.7. The monoisotopic (exact) mass is 292 g/mol. The van der Waals surface area contributed by atoms with Crippen LogP contribution in [0.15, 0.2) is 11.1 Å². The number of rotatable bonds is 0. The van der Waals surface area contributed by atoms with Gasteiger partial charge < -0.3 is 0 Å². The second kappa shape index (κ2) is 6.38. The Kier molecular flexibility index (Phi) is 9.42. The maximum Gasteiger partial charge on any atom is 0.245 e. The zero-order chi connectivity index (χ0) is 8.08. The molecule has 0 aliphatic rings. The van der Waals surface area contributed by atoms with Crippen molar-refractivity contribution in [1.82, 2.24) is 0 Å². The predicted molar refractivity (Wildman–Crippen MR) is 50.1 cm³/mol. The quantitative estimate of drug-likeness (QED) is 0.571. The van der Waals surface area contributed by atoms with Crippen molar-refractivity contribution in [3.05, 3.63) is 11.1 Å². The van der Waals surface area contributed by atoms with Crippen molar-refractivity contribution in [3.8, 4) is 0 Å². The number of hydrogen-bond acceptors (Lipinski definition) is 0. The molecule has 0 fully saturated rings. The van der Waals surface area contributed by atoms with Crippen molar-refractivity contribution in [2.75, 3.05) is 0 Å². The molecule has 0 amide bonds. The van der Waals surface area contributed by atoms with Crippen molar-refractivity contribution in [3.63, 3.8) is 0 Å². The minimum Gasteiger partial charge on any atom is -0.0716 e. The van der Waals surface area contributed by atoms with Crippen molar-refractivity contribution in [1.29, 1.82) is 0 Å². The molecule has 0 aromatic rings. The van der Waals surface area contributed by atoms with E-state index >= 15 is 0 Å². The lowest BCUT2D eigenvalue weighted by Crippen LogP contribution is -1.79. The van der Waals surface area contributed by atoms with Crippen LogP contribution in [0.5, 0.6) is 0 Å². The van der Waals surface area contributed by atoms with Gasteiger partial charge in [-0.25, -0.2) is 0 Å². The van der Waals surface area contributed by atoms with Crippen molar-refractivity contribution in [2.24, 2.45) is 0 Å². The Morgan fingerprint density at radius 1 is 1.22 bits per heavy atom. The van der Waals surface area contributed by atoms with Crippen LogP contribution in [0.4, 0.5) is 0 Å². The Balaban J connectivity index is 0. The van der Waals surface area contributed by atoms with E-state index in [0.29, 0.717) is 0 Å². The van der Waals surface area contributed by atoms with Crippen LogP contribution >= 0.6 is 73.9 Å².